The number of nitrogens with one attached hydrogen (secondary N) is 1. The molecule has 1 aromatic carbocycles. The zero-order valence-corrected chi connectivity index (χ0v) is 23.7. The molecular formula is C29H43BN2O6. The highest BCUT2D eigenvalue weighted by Crippen LogP contribution is 2.65. The van der Waals surface area contributed by atoms with Crippen molar-refractivity contribution in [2.45, 2.75) is 103 Å². The van der Waals surface area contributed by atoms with Crippen LogP contribution in [0.15, 0.2) is 30.3 Å². The summed E-state index contributed by atoms with van der Waals surface area (Å²) < 4.78 is 24.4. The second-order valence-corrected chi connectivity index (χ2v) is 13.3. The van der Waals surface area contributed by atoms with E-state index in [9.17, 15) is 9.59 Å². The van der Waals surface area contributed by atoms with Gasteiger partial charge in [-0.05, 0) is 82.6 Å². The second kappa shape index (κ2) is 10.0. The topological polar surface area (TPSA) is 86.3 Å². The summed E-state index contributed by atoms with van der Waals surface area (Å²) in [6, 6.07) is 9.85. The molecular weight excluding hydrogens is 483 g/mol. The maximum absolute atomic E-state index is 13.1. The van der Waals surface area contributed by atoms with Crippen LogP contribution in [0.4, 0.5) is 9.59 Å². The molecule has 0 spiro atoms. The van der Waals surface area contributed by atoms with E-state index in [1.165, 1.54) is 6.42 Å². The van der Waals surface area contributed by atoms with E-state index in [1.807, 2.05) is 51.1 Å². The standard InChI is InChI=1S/C29H43BN2O6/c1-27(2,3)36-26(34)32-14-10-13-21(32)18-35-25(33)31-24(15-19-11-8-7-9-12-19)30-37-23-17-20-16-22(28(20,4)5)29(23,6)38-30/h7-9,11-12,20-24H,10,13-18H2,1-6H3,(H,31,33)/t20-,21?,22-,23+,24-,29-/m0/s1. The van der Waals surface area contributed by atoms with Gasteiger partial charge in [0, 0.05) is 6.54 Å². The highest BCUT2D eigenvalue weighted by Gasteiger charge is 2.68. The Bertz CT molecular complexity index is 1030. The molecule has 1 aromatic rings. The first-order valence-corrected chi connectivity index (χ1v) is 14.2. The monoisotopic (exact) mass is 526 g/mol. The van der Waals surface area contributed by atoms with Crippen LogP contribution in [0.3, 0.4) is 0 Å². The lowest BCUT2D eigenvalue weighted by molar-refractivity contribution is -0.199. The van der Waals surface area contributed by atoms with Gasteiger partial charge in [-0.2, -0.15) is 0 Å². The number of rotatable bonds is 6. The summed E-state index contributed by atoms with van der Waals surface area (Å²) in [6.45, 7) is 13.1. The quantitative estimate of drug-likeness (QED) is 0.526. The molecule has 8 nitrogen and oxygen atoms in total. The van der Waals surface area contributed by atoms with Crippen LogP contribution in [0.1, 0.15) is 72.8 Å². The van der Waals surface area contributed by atoms with Crippen LogP contribution < -0.4 is 5.32 Å². The van der Waals surface area contributed by atoms with E-state index in [0.29, 0.717) is 24.8 Å². The summed E-state index contributed by atoms with van der Waals surface area (Å²) in [5.41, 5.74) is 0.395. The van der Waals surface area contributed by atoms with Crippen LogP contribution in [0.2, 0.25) is 0 Å². The summed E-state index contributed by atoms with van der Waals surface area (Å²) in [7, 11) is -0.558. The Morgan fingerprint density at radius 3 is 2.61 bits per heavy atom. The first-order chi connectivity index (χ1) is 17.9. The predicted molar refractivity (Wildman–Crippen MR) is 144 cm³/mol. The molecule has 208 valence electrons. The lowest BCUT2D eigenvalue weighted by Gasteiger charge is -2.64. The molecule has 5 aliphatic rings. The van der Waals surface area contributed by atoms with E-state index in [-0.39, 0.29) is 35.9 Å². The highest BCUT2D eigenvalue weighted by atomic mass is 16.7. The number of carbonyl (C=O) groups is 2. The lowest BCUT2D eigenvalue weighted by atomic mass is 9.43. The van der Waals surface area contributed by atoms with Crippen molar-refractivity contribution in [3.05, 3.63) is 35.9 Å². The number of likely N-dealkylation sites (tertiary alicyclic amines) is 1. The van der Waals surface area contributed by atoms with Crippen molar-refractivity contribution < 1.29 is 28.4 Å². The van der Waals surface area contributed by atoms with Gasteiger partial charge in [-0.25, -0.2) is 9.59 Å². The molecule has 9 heteroatoms. The smallest absolute Gasteiger partial charge is 0.447 e. The molecule has 5 fully saturated rings. The van der Waals surface area contributed by atoms with Crippen molar-refractivity contribution >= 4 is 19.3 Å². The van der Waals surface area contributed by atoms with Crippen LogP contribution in [0.25, 0.3) is 0 Å². The largest absolute Gasteiger partial charge is 0.482 e. The Morgan fingerprint density at radius 1 is 1.18 bits per heavy atom. The third kappa shape index (κ3) is 5.28. The second-order valence-electron chi connectivity index (χ2n) is 13.3. The molecule has 6 rings (SSSR count). The van der Waals surface area contributed by atoms with Gasteiger partial charge in [0.1, 0.15) is 12.2 Å². The molecule has 3 aliphatic carbocycles. The van der Waals surface area contributed by atoms with Crippen LogP contribution in [0, 0.1) is 17.3 Å². The van der Waals surface area contributed by atoms with Crippen molar-refractivity contribution in [1.82, 2.24) is 10.2 Å². The lowest BCUT2D eigenvalue weighted by Crippen LogP contribution is -2.65. The molecule has 2 heterocycles. The van der Waals surface area contributed by atoms with Crippen LogP contribution in [-0.2, 0) is 25.2 Å². The van der Waals surface area contributed by atoms with Crippen molar-refractivity contribution in [2.24, 2.45) is 17.3 Å². The zero-order valence-electron chi connectivity index (χ0n) is 23.7. The third-order valence-corrected chi connectivity index (χ3v) is 9.31. The number of hydrogen-bond acceptors (Lipinski definition) is 6. The fraction of sp³-hybridized carbons (Fsp3) is 0.724. The number of amides is 2. The average molecular weight is 526 g/mol. The molecule has 2 amide bonds. The third-order valence-electron chi connectivity index (χ3n) is 9.31. The number of nitrogens with zero attached hydrogens (tertiary/aromatic N) is 1. The van der Waals surface area contributed by atoms with Gasteiger partial charge in [0.15, 0.2) is 0 Å². The molecule has 3 saturated carbocycles. The van der Waals surface area contributed by atoms with Gasteiger partial charge < -0.3 is 29.0 Å². The summed E-state index contributed by atoms with van der Waals surface area (Å²) >= 11 is 0. The zero-order chi connectivity index (χ0) is 27.3. The fourth-order valence-electron chi connectivity index (χ4n) is 7.09. The molecule has 0 aromatic heterocycles. The van der Waals surface area contributed by atoms with Crippen LogP contribution in [-0.4, -0.2) is 66.6 Å². The van der Waals surface area contributed by atoms with Crippen LogP contribution in [0.5, 0.6) is 0 Å². The van der Waals surface area contributed by atoms with Gasteiger partial charge in [0.25, 0.3) is 0 Å². The number of ether oxygens (including phenoxy) is 2. The highest BCUT2D eigenvalue weighted by molar-refractivity contribution is 6.47. The SMILES string of the molecule is CC(C)(C)OC(=O)N1CCCC1COC(=O)N[C@@H](Cc1ccccc1)B1O[C@@H]2C[C@@H]3C[C@@H](C3(C)C)[C@]2(C)O1. The van der Waals surface area contributed by atoms with Gasteiger partial charge >= 0.3 is 19.3 Å². The van der Waals surface area contributed by atoms with Gasteiger partial charge in [0.05, 0.1) is 23.7 Å². The van der Waals surface area contributed by atoms with Gasteiger partial charge in [-0.15, -0.1) is 0 Å². The Balaban J connectivity index is 1.23. The maximum atomic E-state index is 13.1. The van der Waals surface area contributed by atoms with Crippen molar-refractivity contribution in [3.8, 4) is 0 Å². The summed E-state index contributed by atoms with van der Waals surface area (Å²) in [5, 5.41) is 3.04. The first-order valence-electron chi connectivity index (χ1n) is 14.2. The van der Waals surface area contributed by atoms with E-state index in [0.717, 1.165) is 24.8 Å². The van der Waals surface area contributed by atoms with Gasteiger partial charge in [-0.1, -0.05) is 44.2 Å². The molecule has 2 bridgehead atoms. The van der Waals surface area contributed by atoms with Gasteiger partial charge in [-0.3, -0.25) is 0 Å². The van der Waals surface area contributed by atoms with Crippen LogP contribution >= 0.6 is 0 Å². The Hall–Kier alpha value is -2.26. The Labute approximate surface area is 227 Å². The minimum Gasteiger partial charge on any atom is -0.447 e. The number of carbonyl (C=O) groups excluding carboxylic acids is 2. The van der Waals surface area contributed by atoms with Gasteiger partial charge in [0.2, 0.25) is 0 Å². The molecule has 6 atom stereocenters. The average Bonchev–Trinajstić information content (AvgIpc) is 3.45. The molecule has 1 N–H and O–H groups in total. The van der Waals surface area contributed by atoms with E-state index in [1.54, 1.807) is 4.90 Å². The first kappa shape index (κ1) is 27.3. The minimum absolute atomic E-state index is 0.0289. The van der Waals surface area contributed by atoms with Crippen molar-refractivity contribution in [2.75, 3.05) is 13.2 Å². The maximum Gasteiger partial charge on any atom is 0.482 e. The van der Waals surface area contributed by atoms with E-state index >= 15 is 0 Å². The fourth-order valence-corrected chi connectivity index (χ4v) is 7.09. The molecule has 0 radical (unpaired) electrons. The number of benzene rings is 1. The molecule has 1 unspecified atom stereocenters. The minimum atomic E-state index is -0.572. The molecule has 2 saturated heterocycles. The van der Waals surface area contributed by atoms with E-state index < -0.39 is 24.8 Å². The molecule has 38 heavy (non-hydrogen) atoms. The predicted octanol–water partition coefficient (Wildman–Crippen LogP) is 4.99. The summed E-state index contributed by atoms with van der Waals surface area (Å²) in [5.74, 6) is 0.685. The summed E-state index contributed by atoms with van der Waals surface area (Å²) in [6.07, 6.45) is 3.48. The number of alkyl carbamates (subject to hydrolysis) is 1. The summed E-state index contributed by atoms with van der Waals surface area (Å²) in [4.78, 5) is 27.3. The van der Waals surface area contributed by atoms with E-state index in [4.69, 9.17) is 18.8 Å². The Kier molecular flexibility index (Phi) is 7.22. The van der Waals surface area contributed by atoms with Crippen molar-refractivity contribution in [3.63, 3.8) is 0 Å². The number of hydrogen-bond donors (Lipinski definition) is 1. The molecule has 2 aliphatic heterocycles. The Morgan fingerprint density at radius 2 is 1.92 bits per heavy atom. The van der Waals surface area contributed by atoms with Crippen molar-refractivity contribution in [1.29, 1.82) is 0 Å². The normalized spacial score (nSPS) is 32.3. The van der Waals surface area contributed by atoms with E-state index in [2.05, 4.69) is 26.1 Å².